The van der Waals surface area contributed by atoms with Crippen LogP contribution in [0.25, 0.3) is 0 Å². The predicted octanol–water partition coefficient (Wildman–Crippen LogP) is 0.622. The minimum absolute atomic E-state index is 0.740. The summed E-state index contributed by atoms with van der Waals surface area (Å²) in [6, 6.07) is 0.740. The summed E-state index contributed by atoms with van der Waals surface area (Å²) < 4.78 is 0. The first-order valence-electron chi connectivity index (χ1n) is 5.91. The van der Waals surface area contributed by atoms with Gasteiger partial charge in [0.1, 0.15) is 0 Å². The Labute approximate surface area is 88.5 Å². The maximum absolute atomic E-state index is 3.46. The van der Waals surface area contributed by atoms with Crippen LogP contribution in [0.5, 0.6) is 0 Å². The van der Waals surface area contributed by atoms with E-state index in [1.807, 2.05) is 0 Å². The highest BCUT2D eigenvalue weighted by Crippen LogP contribution is 2.05. The van der Waals surface area contributed by atoms with Crippen LogP contribution in [-0.2, 0) is 0 Å². The van der Waals surface area contributed by atoms with Gasteiger partial charge < -0.3 is 15.1 Å². The van der Waals surface area contributed by atoms with Gasteiger partial charge in [-0.2, -0.15) is 0 Å². The van der Waals surface area contributed by atoms with Crippen LogP contribution in [0.15, 0.2) is 0 Å². The van der Waals surface area contributed by atoms with Crippen molar-refractivity contribution in [2.45, 2.75) is 26.3 Å². The molecule has 0 aromatic carbocycles. The molecule has 0 radical (unpaired) electrons. The van der Waals surface area contributed by atoms with Crippen LogP contribution in [0.4, 0.5) is 0 Å². The van der Waals surface area contributed by atoms with Crippen molar-refractivity contribution < 1.29 is 0 Å². The SMILES string of the molecule is CCN(CC)CCC1CNCCN1C. The van der Waals surface area contributed by atoms with Gasteiger partial charge in [0.05, 0.1) is 0 Å². The lowest BCUT2D eigenvalue weighted by Gasteiger charge is -2.34. The maximum atomic E-state index is 3.46. The highest BCUT2D eigenvalue weighted by Gasteiger charge is 2.18. The first-order chi connectivity index (χ1) is 6.77. The lowest BCUT2D eigenvalue weighted by atomic mass is 10.1. The van der Waals surface area contributed by atoms with Crippen molar-refractivity contribution in [3.05, 3.63) is 0 Å². The van der Waals surface area contributed by atoms with Gasteiger partial charge in [-0.15, -0.1) is 0 Å². The molecule has 0 aromatic heterocycles. The molecule has 3 nitrogen and oxygen atoms in total. The van der Waals surface area contributed by atoms with E-state index in [4.69, 9.17) is 0 Å². The molecule has 84 valence electrons. The Morgan fingerprint density at radius 1 is 1.36 bits per heavy atom. The van der Waals surface area contributed by atoms with Gasteiger partial charge in [-0.25, -0.2) is 0 Å². The Balaban J connectivity index is 2.21. The zero-order chi connectivity index (χ0) is 10.4. The van der Waals surface area contributed by atoms with E-state index >= 15 is 0 Å². The average molecular weight is 199 g/mol. The molecular weight excluding hydrogens is 174 g/mol. The highest BCUT2D eigenvalue weighted by atomic mass is 15.2. The Kier molecular flexibility index (Phi) is 5.45. The van der Waals surface area contributed by atoms with Gasteiger partial charge in [0.15, 0.2) is 0 Å². The van der Waals surface area contributed by atoms with Crippen LogP contribution in [0, 0.1) is 0 Å². The van der Waals surface area contributed by atoms with Crippen LogP contribution in [-0.4, -0.2) is 62.2 Å². The third-order valence-electron chi connectivity index (χ3n) is 3.32. The Morgan fingerprint density at radius 3 is 2.64 bits per heavy atom. The third-order valence-corrected chi connectivity index (χ3v) is 3.32. The van der Waals surface area contributed by atoms with E-state index in [0.29, 0.717) is 0 Å². The van der Waals surface area contributed by atoms with E-state index in [0.717, 1.165) is 19.1 Å². The average Bonchev–Trinajstić information content (AvgIpc) is 2.22. The number of hydrogen-bond donors (Lipinski definition) is 1. The summed E-state index contributed by atoms with van der Waals surface area (Å²) in [5.41, 5.74) is 0. The highest BCUT2D eigenvalue weighted by molar-refractivity contribution is 4.78. The van der Waals surface area contributed by atoms with Crippen LogP contribution in [0.1, 0.15) is 20.3 Å². The molecule has 1 heterocycles. The minimum Gasteiger partial charge on any atom is -0.314 e. The smallest absolute Gasteiger partial charge is 0.0230 e. The lowest BCUT2D eigenvalue weighted by Crippen LogP contribution is -2.50. The second-order valence-electron chi connectivity index (χ2n) is 4.15. The fraction of sp³-hybridized carbons (Fsp3) is 1.00. The van der Waals surface area contributed by atoms with Crippen LogP contribution < -0.4 is 5.32 Å². The molecule has 14 heavy (non-hydrogen) atoms. The van der Waals surface area contributed by atoms with Crippen molar-refractivity contribution in [3.8, 4) is 0 Å². The standard InChI is InChI=1S/C11H25N3/c1-4-14(5-2)8-6-11-10-12-7-9-13(11)3/h11-12H,4-10H2,1-3H3. The number of piperazine rings is 1. The van der Waals surface area contributed by atoms with Crippen LogP contribution in [0.3, 0.4) is 0 Å². The monoisotopic (exact) mass is 199 g/mol. The topological polar surface area (TPSA) is 18.5 Å². The normalized spacial score (nSPS) is 24.4. The van der Waals surface area contributed by atoms with Gasteiger partial charge in [-0.05, 0) is 33.1 Å². The summed E-state index contributed by atoms with van der Waals surface area (Å²) in [5, 5.41) is 3.46. The summed E-state index contributed by atoms with van der Waals surface area (Å²) >= 11 is 0. The van der Waals surface area contributed by atoms with E-state index in [1.54, 1.807) is 0 Å². The van der Waals surface area contributed by atoms with E-state index in [2.05, 4.69) is 36.0 Å². The van der Waals surface area contributed by atoms with Crippen molar-refractivity contribution in [3.63, 3.8) is 0 Å². The summed E-state index contributed by atoms with van der Waals surface area (Å²) in [4.78, 5) is 4.99. The number of nitrogens with zero attached hydrogens (tertiary/aromatic N) is 2. The molecule has 0 aliphatic carbocycles. The summed E-state index contributed by atoms with van der Waals surface area (Å²) in [5.74, 6) is 0. The van der Waals surface area contributed by atoms with Crippen molar-refractivity contribution in [1.29, 1.82) is 0 Å². The Bertz CT molecular complexity index is 145. The summed E-state index contributed by atoms with van der Waals surface area (Å²) in [6.07, 6.45) is 1.30. The molecule has 1 saturated heterocycles. The van der Waals surface area contributed by atoms with E-state index in [9.17, 15) is 0 Å². The maximum Gasteiger partial charge on any atom is 0.0230 e. The molecule has 1 N–H and O–H groups in total. The minimum atomic E-state index is 0.740. The van der Waals surface area contributed by atoms with Crippen LogP contribution >= 0.6 is 0 Å². The van der Waals surface area contributed by atoms with E-state index < -0.39 is 0 Å². The second kappa shape index (κ2) is 6.38. The van der Waals surface area contributed by atoms with Gasteiger partial charge >= 0.3 is 0 Å². The molecule has 3 heteroatoms. The molecular formula is C11H25N3. The van der Waals surface area contributed by atoms with E-state index in [1.165, 1.54) is 32.6 Å². The lowest BCUT2D eigenvalue weighted by molar-refractivity contribution is 0.169. The van der Waals surface area contributed by atoms with Crippen molar-refractivity contribution in [2.75, 3.05) is 46.3 Å². The van der Waals surface area contributed by atoms with Crippen LogP contribution in [0.2, 0.25) is 0 Å². The number of rotatable bonds is 5. The fourth-order valence-corrected chi connectivity index (χ4v) is 2.06. The molecule has 0 aromatic rings. The molecule has 0 saturated carbocycles. The first-order valence-corrected chi connectivity index (χ1v) is 5.91. The molecule has 1 rings (SSSR count). The molecule has 1 unspecified atom stereocenters. The second-order valence-corrected chi connectivity index (χ2v) is 4.15. The first kappa shape index (κ1) is 12.0. The number of hydrogen-bond acceptors (Lipinski definition) is 3. The summed E-state index contributed by atoms with van der Waals surface area (Å²) in [6.45, 7) is 11.6. The van der Waals surface area contributed by atoms with Gasteiger partial charge in [0.25, 0.3) is 0 Å². The fourth-order valence-electron chi connectivity index (χ4n) is 2.06. The molecule has 1 atom stereocenters. The van der Waals surface area contributed by atoms with Gasteiger partial charge in [-0.1, -0.05) is 13.8 Å². The molecule has 0 bridgehead atoms. The van der Waals surface area contributed by atoms with Gasteiger partial charge in [0, 0.05) is 25.7 Å². The Morgan fingerprint density at radius 2 is 2.07 bits per heavy atom. The zero-order valence-electron chi connectivity index (χ0n) is 9.92. The molecule has 1 aliphatic heterocycles. The van der Waals surface area contributed by atoms with E-state index in [-0.39, 0.29) is 0 Å². The van der Waals surface area contributed by atoms with Crippen molar-refractivity contribution in [2.24, 2.45) is 0 Å². The molecule has 0 amide bonds. The zero-order valence-corrected chi connectivity index (χ0v) is 9.92. The summed E-state index contributed by atoms with van der Waals surface area (Å²) in [7, 11) is 2.24. The third kappa shape index (κ3) is 3.56. The quantitative estimate of drug-likeness (QED) is 0.700. The molecule has 1 aliphatic rings. The predicted molar refractivity (Wildman–Crippen MR) is 61.7 cm³/mol. The van der Waals surface area contributed by atoms with Gasteiger partial charge in [-0.3, -0.25) is 0 Å². The molecule has 1 fully saturated rings. The van der Waals surface area contributed by atoms with Crippen molar-refractivity contribution >= 4 is 0 Å². The van der Waals surface area contributed by atoms with Gasteiger partial charge in [0.2, 0.25) is 0 Å². The number of likely N-dealkylation sites (N-methyl/N-ethyl adjacent to an activating group) is 1. The Hall–Kier alpha value is -0.120. The van der Waals surface area contributed by atoms with Crippen molar-refractivity contribution in [1.82, 2.24) is 15.1 Å². The largest absolute Gasteiger partial charge is 0.314 e. The molecule has 0 spiro atoms. The number of nitrogens with one attached hydrogen (secondary N) is 1.